The Kier molecular flexibility index (Phi) is 6.47. The molecule has 0 radical (unpaired) electrons. The van der Waals surface area contributed by atoms with Crippen LogP contribution in [0.5, 0.6) is 11.5 Å². The van der Waals surface area contributed by atoms with Crippen LogP contribution < -0.4 is 20.1 Å². The molecule has 0 atom stereocenters. The number of para-hydroxylation sites is 2. The lowest BCUT2D eigenvalue weighted by molar-refractivity contribution is 0.101. The van der Waals surface area contributed by atoms with Crippen LogP contribution in [-0.4, -0.2) is 25.5 Å². The third-order valence-electron chi connectivity index (χ3n) is 4.19. The third-order valence-corrected chi connectivity index (χ3v) is 4.19. The predicted octanol–water partition coefficient (Wildman–Crippen LogP) is 4.60. The van der Waals surface area contributed by atoms with E-state index in [-0.39, 0.29) is 11.8 Å². The maximum atomic E-state index is 12.5. The quantitative estimate of drug-likeness (QED) is 0.618. The molecule has 0 aliphatic heterocycles. The lowest BCUT2D eigenvalue weighted by Crippen LogP contribution is -2.15. The molecule has 148 valence electrons. The van der Waals surface area contributed by atoms with Crippen molar-refractivity contribution >= 4 is 23.2 Å². The summed E-state index contributed by atoms with van der Waals surface area (Å²) in [4.78, 5) is 24.9. The summed E-state index contributed by atoms with van der Waals surface area (Å²) in [5.74, 6) is 0.784. The summed E-state index contributed by atoms with van der Waals surface area (Å²) in [7, 11) is 1.58. The van der Waals surface area contributed by atoms with Gasteiger partial charge >= 0.3 is 0 Å². The molecule has 2 N–H and O–H groups in total. The van der Waals surface area contributed by atoms with Gasteiger partial charge < -0.3 is 20.1 Å². The Balaban J connectivity index is 1.66. The van der Waals surface area contributed by atoms with Crippen molar-refractivity contribution in [3.05, 3.63) is 83.9 Å². The third kappa shape index (κ3) is 5.13. The van der Waals surface area contributed by atoms with Crippen LogP contribution >= 0.6 is 0 Å². The summed E-state index contributed by atoms with van der Waals surface area (Å²) in [6.45, 7) is 2.39. The minimum Gasteiger partial charge on any atom is -0.497 e. The molecule has 0 aromatic heterocycles. The number of carbonyl (C=O) groups excluding carboxylic acids is 2. The van der Waals surface area contributed by atoms with Crippen molar-refractivity contribution in [3.63, 3.8) is 0 Å². The number of rotatable bonds is 7. The maximum Gasteiger partial charge on any atom is 0.255 e. The molecule has 3 rings (SSSR count). The highest BCUT2D eigenvalue weighted by Gasteiger charge is 2.12. The molecule has 0 aliphatic rings. The Hall–Kier alpha value is -3.80. The average Bonchev–Trinajstić information content (AvgIpc) is 2.76. The SMILES string of the molecule is CCOc1ccccc1NC(=O)c1ccc(C(=O)Nc2ccc(OC)cc2)cc1. The molecule has 0 fully saturated rings. The van der Waals surface area contributed by atoms with Gasteiger partial charge in [-0.1, -0.05) is 12.1 Å². The molecule has 6 heteroatoms. The molecule has 3 aromatic rings. The Labute approximate surface area is 169 Å². The number of ether oxygens (including phenoxy) is 2. The van der Waals surface area contributed by atoms with E-state index in [9.17, 15) is 9.59 Å². The minimum absolute atomic E-state index is 0.260. The molecular weight excluding hydrogens is 368 g/mol. The lowest BCUT2D eigenvalue weighted by atomic mass is 10.1. The fraction of sp³-hybridized carbons (Fsp3) is 0.130. The molecule has 0 saturated heterocycles. The summed E-state index contributed by atoms with van der Waals surface area (Å²) in [5.41, 5.74) is 2.15. The second-order valence-electron chi connectivity index (χ2n) is 6.14. The number of amides is 2. The molecule has 29 heavy (non-hydrogen) atoms. The molecule has 0 bridgehead atoms. The number of hydrogen-bond donors (Lipinski definition) is 2. The van der Waals surface area contributed by atoms with E-state index >= 15 is 0 Å². The zero-order chi connectivity index (χ0) is 20.6. The van der Waals surface area contributed by atoms with Crippen LogP contribution in [0.1, 0.15) is 27.6 Å². The average molecular weight is 390 g/mol. The first-order valence-electron chi connectivity index (χ1n) is 9.19. The van der Waals surface area contributed by atoms with Crippen LogP contribution in [0.25, 0.3) is 0 Å². The van der Waals surface area contributed by atoms with Crippen LogP contribution in [0, 0.1) is 0 Å². The highest BCUT2D eigenvalue weighted by Crippen LogP contribution is 2.24. The first-order valence-corrected chi connectivity index (χ1v) is 9.19. The summed E-state index contributed by atoms with van der Waals surface area (Å²) in [5, 5.41) is 5.64. The Morgan fingerprint density at radius 1 is 0.793 bits per heavy atom. The lowest BCUT2D eigenvalue weighted by Gasteiger charge is -2.11. The summed E-state index contributed by atoms with van der Waals surface area (Å²) < 4.78 is 10.6. The van der Waals surface area contributed by atoms with Gasteiger partial charge in [-0.2, -0.15) is 0 Å². The van der Waals surface area contributed by atoms with E-state index in [0.29, 0.717) is 40.6 Å². The van der Waals surface area contributed by atoms with Gasteiger partial charge in [0.1, 0.15) is 11.5 Å². The number of hydrogen-bond acceptors (Lipinski definition) is 4. The second-order valence-corrected chi connectivity index (χ2v) is 6.14. The monoisotopic (exact) mass is 390 g/mol. The minimum atomic E-state index is -0.278. The number of anilines is 2. The van der Waals surface area contributed by atoms with E-state index in [1.807, 2.05) is 19.1 Å². The van der Waals surface area contributed by atoms with Gasteiger partial charge in [-0.25, -0.2) is 0 Å². The Morgan fingerprint density at radius 3 is 1.97 bits per heavy atom. The molecule has 3 aromatic carbocycles. The van der Waals surface area contributed by atoms with E-state index in [0.717, 1.165) is 0 Å². The Morgan fingerprint density at radius 2 is 1.38 bits per heavy atom. The molecule has 0 saturated carbocycles. The predicted molar refractivity (Wildman–Crippen MR) is 113 cm³/mol. The zero-order valence-electron chi connectivity index (χ0n) is 16.3. The zero-order valence-corrected chi connectivity index (χ0v) is 16.3. The molecule has 0 unspecified atom stereocenters. The van der Waals surface area contributed by atoms with Crippen LogP contribution in [-0.2, 0) is 0 Å². The van der Waals surface area contributed by atoms with Crippen molar-refractivity contribution < 1.29 is 19.1 Å². The van der Waals surface area contributed by atoms with Crippen molar-refractivity contribution in [1.82, 2.24) is 0 Å². The van der Waals surface area contributed by atoms with E-state index in [1.54, 1.807) is 67.8 Å². The topological polar surface area (TPSA) is 76.7 Å². The van der Waals surface area contributed by atoms with Gasteiger partial charge in [-0.05, 0) is 67.6 Å². The first-order chi connectivity index (χ1) is 14.1. The number of nitrogens with one attached hydrogen (secondary N) is 2. The van der Waals surface area contributed by atoms with Crippen LogP contribution in [0.3, 0.4) is 0 Å². The molecule has 0 aliphatic carbocycles. The normalized spacial score (nSPS) is 10.1. The van der Waals surface area contributed by atoms with Gasteiger partial charge in [0.25, 0.3) is 11.8 Å². The Bertz CT molecular complexity index is 983. The van der Waals surface area contributed by atoms with Crippen LogP contribution in [0.4, 0.5) is 11.4 Å². The summed E-state index contributed by atoms with van der Waals surface area (Å²) >= 11 is 0. The van der Waals surface area contributed by atoms with Gasteiger partial charge in [-0.3, -0.25) is 9.59 Å². The van der Waals surface area contributed by atoms with Crippen molar-refractivity contribution in [2.45, 2.75) is 6.92 Å². The highest BCUT2D eigenvalue weighted by molar-refractivity contribution is 6.07. The molecule has 2 amide bonds. The molecule has 0 heterocycles. The highest BCUT2D eigenvalue weighted by atomic mass is 16.5. The number of carbonyl (C=O) groups is 2. The van der Waals surface area contributed by atoms with Crippen molar-refractivity contribution in [1.29, 1.82) is 0 Å². The molecule has 6 nitrogen and oxygen atoms in total. The number of benzene rings is 3. The van der Waals surface area contributed by atoms with E-state index in [2.05, 4.69) is 10.6 Å². The largest absolute Gasteiger partial charge is 0.497 e. The van der Waals surface area contributed by atoms with Gasteiger partial charge in [-0.15, -0.1) is 0 Å². The molecule has 0 spiro atoms. The number of methoxy groups -OCH3 is 1. The standard InChI is InChI=1S/C23H22N2O4/c1-3-29-21-7-5-4-6-20(21)25-23(27)17-10-8-16(9-11-17)22(26)24-18-12-14-19(28-2)15-13-18/h4-15H,3H2,1-2H3,(H,24,26)(H,25,27). The fourth-order valence-electron chi connectivity index (χ4n) is 2.70. The van der Waals surface area contributed by atoms with Gasteiger partial charge in [0.2, 0.25) is 0 Å². The van der Waals surface area contributed by atoms with Gasteiger partial charge in [0.05, 0.1) is 19.4 Å². The van der Waals surface area contributed by atoms with Gasteiger partial charge in [0.15, 0.2) is 0 Å². The van der Waals surface area contributed by atoms with Crippen LogP contribution in [0.15, 0.2) is 72.8 Å². The van der Waals surface area contributed by atoms with Crippen molar-refractivity contribution in [2.24, 2.45) is 0 Å². The smallest absolute Gasteiger partial charge is 0.255 e. The summed E-state index contributed by atoms with van der Waals surface area (Å²) in [6, 6.07) is 20.7. The van der Waals surface area contributed by atoms with E-state index < -0.39 is 0 Å². The van der Waals surface area contributed by atoms with Gasteiger partial charge in [0, 0.05) is 16.8 Å². The van der Waals surface area contributed by atoms with Crippen molar-refractivity contribution in [2.75, 3.05) is 24.4 Å². The molecular formula is C23H22N2O4. The first kappa shape index (κ1) is 19.9. The van der Waals surface area contributed by atoms with E-state index in [4.69, 9.17) is 9.47 Å². The van der Waals surface area contributed by atoms with E-state index in [1.165, 1.54) is 0 Å². The summed E-state index contributed by atoms with van der Waals surface area (Å²) in [6.07, 6.45) is 0. The second kappa shape index (κ2) is 9.41. The van der Waals surface area contributed by atoms with Crippen molar-refractivity contribution in [3.8, 4) is 11.5 Å². The van der Waals surface area contributed by atoms with Crippen LogP contribution in [0.2, 0.25) is 0 Å². The maximum absolute atomic E-state index is 12.5. The fourth-order valence-corrected chi connectivity index (χ4v) is 2.70.